The Balaban J connectivity index is 1.74. The van der Waals surface area contributed by atoms with Gasteiger partial charge in [0, 0.05) is 36.1 Å². The number of ether oxygens (including phenoxy) is 1. The van der Waals surface area contributed by atoms with Crippen molar-refractivity contribution in [2.24, 2.45) is 0 Å². The van der Waals surface area contributed by atoms with Gasteiger partial charge >= 0.3 is 0 Å². The molecular weight excluding hydrogens is 465 g/mol. The Bertz CT molecular complexity index is 1210. The van der Waals surface area contributed by atoms with Crippen LogP contribution in [0.25, 0.3) is 5.76 Å². The molecule has 4 rings (SSSR count). The second-order valence-electron chi connectivity index (χ2n) is 7.55. The number of imidazole rings is 1. The molecule has 1 aliphatic rings. The maximum atomic E-state index is 13.1. The SMILES string of the molecule is COc1ccc(/C(O)=C2\C(=O)C(=O)N(CCCn3ccnc3)C2c2ccc(Cl)cc2)cc1Cl. The predicted octanol–water partition coefficient (Wildman–Crippen LogP) is 4.71. The lowest BCUT2D eigenvalue weighted by molar-refractivity contribution is -0.139. The van der Waals surface area contributed by atoms with Crippen LogP contribution in [0.2, 0.25) is 10.0 Å². The van der Waals surface area contributed by atoms with Crippen molar-refractivity contribution < 1.29 is 19.4 Å². The number of aromatic nitrogens is 2. The lowest BCUT2D eigenvalue weighted by Gasteiger charge is -2.25. The molecule has 2 aromatic carbocycles. The number of hydrogen-bond donors (Lipinski definition) is 1. The molecule has 9 heteroatoms. The zero-order valence-electron chi connectivity index (χ0n) is 17.7. The van der Waals surface area contributed by atoms with Gasteiger partial charge in [0.1, 0.15) is 11.5 Å². The lowest BCUT2D eigenvalue weighted by atomic mass is 9.95. The van der Waals surface area contributed by atoms with E-state index in [4.69, 9.17) is 27.9 Å². The number of aliphatic hydroxyl groups excluding tert-OH is 1. The Labute approximate surface area is 200 Å². The number of benzene rings is 2. The van der Waals surface area contributed by atoms with Crippen LogP contribution in [0.1, 0.15) is 23.6 Å². The first-order valence-corrected chi connectivity index (χ1v) is 11.0. The molecule has 1 unspecified atom stereocenters. The molecule has 1 N–H and O–H groups in total. The second kappa shape index (κ2) is 9.68. The molecule has 0 bridgehead atoms. The number of ketones is 1. The van der Waals surface area contributed by atoms with Crippen molar-refractivity contribution in [2.45, 2.75) is 19.0 Å². The van der Waals surface area contributed by atoms with Crippen LogP contribution in [0.3, 0.4) is 0 Å². The van der Waals surface area contributed by atoms with Crippen LogP contribution in [0.5, 0.6) is 5.75 Å². The highest BCUT2D eigenvalue weighted by atomic mass is 35.5. The number of carbonyl (C=O) groups is 2. The minimum absolute atomic E-state index is 0.00573. The molecular formula is C24H21Cl2N3O4. The van der Waals surface area contributed by atoms with E-state index < -0.39 is 17.7 Å². The first-order chi connectivity index (χ1) is 15.9. The highest BCUT2D eigenvalue weighted by Crippen LogP contribution is 2.40. The van der Waals surface area contributed by atoms with Gasteiger partial charge in [-0.3, -0.25) is 9.59 Å². The van der Waals surface area contributed by atoms with E-state index in [1.165, 1.54) is 18.1 Å². The fourth-order valence-electron chi connectivity index (χ4n) is 3.91. The largest absolute Gasteiger partial charge is 0.507 e. The third-order valence-corrected chi connectivity index (χ3v) is 6.07. The monoisotopic (exact) mass is 485 g/mol. The molecule has 7 nitrogen and oxygen atoms in total. The minimum atomic E-state index is -0.758. The molecule has 33 heavy (non-hydrogen) atoms. The molecule has 1 aliphatic heterocycles. The number of methoxy groups -OCH3 is 1. The third kappa shape index (κ3) is 4.60. The number of likely N-dealkylation sites (tertiary alicyclic amines) is 1. The zero-order valence-corrected chi connectivity index (χ0v) is 19.3. The third-order valence-electron chi connectivity index (χ3n) is 5.53. The topological polar surface area (TPSA) is 84.7 Å². The summed E-state index contributed by atoms with van der Waals surface area (Å²) in [6.07, 6.45) is 5.80. The number of nitrogens with zero attached hydrogens (tertiary/aromatic N) is 3. The molecule has 1 amide bonds. The summed E-state index contributed by atoms with van der Waals surface area (Å²) in [5.41, 5.74) is 0.991. The number of aryl methyl sites for hydroxylation is 1. The normalized spacial score (nSPS) is 17.5. The zero-order chi connectivity index (χ0) is 23.5. The second-order valence-corrected chi connectivity index (χ2v) is 8.39. The number of carbonyl (C=O) groups excluding carboxylic acids is 2. The molecule has 0 spiro atoms. The van der Waals surface area contributed by atoms with Crippen molar-refractivity contribution in [1.29, 1.82) is 0 Å². The Hall–Kier alpha value is -3.29. The average Bonchev–Trinajstić information content (AvgIpc) is 3.41. The van der Waals surface area contributed by atoms with Crippen LogP contribution in [0.15, 0.2) is 66.8 Å². The summed E-state index contributed by atoms with van der Waals surface area (Å²) in [6, 6.07) is 10.8. The first-order valence-electron chi connectivity index (χ1n) is 10.2. The van der Waals surface area contributed by atoms with E-state index in [0.717, 1.165) is 0 Å². The van der Waals surface area contributed by atoms with Crippen LogP contribution >= 0.6 is 23.2 Å². The van der Waals surface area contributed by atoms with E-state index in [0.29, 0.717) is 41.4 Å². The van der Waals surface area contributed by atoms with Crippen molar-refractivity contribution >= 4 is 40.7 Å². The van der Waals surface area contributed by atoms with E-state index in [2.05, 4.69) is 4.98 Å². The summed E-state index contributed by atoms with van der Waals surface area (Å²) in [5.74, 6) is -1.28. The summed E-state index contributed by atoms with van der Waals surface area (Å²) in [7, 11) is 1.48. The van der Waals surface area contributed by atoms with Crippen molar-refractivity contribution in [3.63, 3.8) is 0 Å². The van der Waals surface area contributed by atoms with Gasteiger partial charge in [-0.1, -0.05) is 35.3 Å². The van der Waals surface area contributed by atoms with Gasteiger partial charge in [-0.25, -0.2) is 4.98 Å². The van der Waals surface area contributed by atoms with E-state index in [1.807, 2.05) is 10.8 Å². The molecule has 2 heterocycles. The molecule has 1 aromatic heterocycles. The van der Waals surface area contributed by atoms with Crippen LogP contribution in [0, 0.1) is 0 Å². The van der Waals surface area contributed by atoms with E-state index in [9.17, 15) is 14.7 Å². The van der Waals surface area contributed by atoms with Crippen molar-refractivity contribution in [3.05, 3.63) is 87.9 Å². The molecule has 3 aromatic rings. The summed E-state index contributed by atoms with van der Waals surface area (Å²) < 4.78 is 7.06. The smallest absolute Gasteiger partial charge is 0.295 e. The molecule has 1 atom stereocenters. The Morgan fingerprint density at radius 1 is 1.12 bits per heavy atom. The number of rotatable bonds is 7. The number of amides is 1. The number of Topliss-reactive ketones (excluding diaryl/α,β-unsaturated/α-hetero) is 1. The van der Waals surface area contributed by atoms with Crippen molar-refractivity contribution in [2.75, 3.05) is 13.7 Å². The molecule has 0 saturated carbocycles. The summed E-state index contributed by atoms with van der Waals surface area (Å²) in [5, 5.41) is 11.9. The Morgan fingerprint density at radius 3 is 2.52 bits per heavy atom. The average molecular weight is 486 g/mol. The van der Waals surface area contributed by atoms with Gasteiger partial charge in [0.05, 0.1) is 30.1 Å². The summed E-state index contributed by atoms with van der Waals surface area (Å²) >= 11 is 12.3. The van der Waals surface area contributed by atoms with Gasteiger partial charge in [0.15, 0.2) is 0 Å². The highest BCUT2D eigenvalue weighted by molar-refractivity contribution is 6.46. The maximum Gasteiger partial charge on any atom is 0.295 e. The lowest BCUT2D eigenvalue weighted by Crippen LogP contribution is -2.31. The van der Waals surface area contributed by atoms with E-state index in [1.54, 1.807) is 48.9 Å². The molecule has 170 valence electrons. The number of aliphatic hydroxyl groups is 1. The van der Waals surface area contributed by atoms with Crippen LogP contribution in [-0.2, 0) is 16.1 Å². The maximum absolute atomic E-state index is 13.1. The Morgan fingerprint density at radius 2 is 1.88 bits per heavy atom. The van der Waals surface area contributed by atoms with Crippen LogP contribution < -0.4 is 4.74 Å². The highest BCUT2D eigenvalue weighted by Gasteiger charge is 2.45. The first kappa shape index (κ1) is 22.9. The molecule has 0 aliphatic carbocycles. The number of halogens is 2. The van der Waals surface area contributed by atoms with Crippen molar-refractivity contribution in [3.8, 4) is 5.75 Å². The van der Waals surface area contributed by atoms with Crippen LogP contribution in [0.4, 0.5) is 0 Å². The van der Waals surface area contributed by atoms with Gasteiger partial charge in [0.25, 0.3) is 11.7 Å². The van der Waals surface area contributed by atoms with E-state index in [-0.39, 0.29) is 16.4 Å². The fraction of sp³-hybridized carbons (Fsp3) is 0.208. The van der Waals surface area contributed by atoms with Gasteiger partial charge in [-0.15, -0.1) is 0 Å². The molecule has 1 fully saturated rings. The molecule has 0 radical (unpaired) electrons. The molecule has 1 saturated heterocycles. The van der Waals surface area contributed by atoms with Gasteiger partial charge in [0.2, 0.25) is 0 Å². The predicted molar refractivity (Wildman–Crippen MR) is 125 cm³/mol. The Kier molecular flexibility index (Phi) is 6.72. The summed E-state index contributed by atoms with van der Waals surface area (Å²) in [4.78, 5) is 31.6. The van der Waals surface area contributed by atoms with E-state index >= 15 is 0 Å². The minimum Gasteiger partial charge on any atom is -0.507 e. The van der Waals surface area contributed by atoms with Gasteiger partial charge < -0.3 is 19.3 Å². The number of hydrogen-bond acceptors (Lipinski definition) is 5. The van der Waals surface area contributed by atoms with Gasteiger partial charge in [-0.05, 0) is 42.3 Å². The van der Waals surface area contributed by atoms with Crippen molar-refractivity contribution in [1.82, 2.24) is 14.5 Å². The van der Waals surface area contributed by atoms with Gasteiger partial charge in [-0.2, -0.15) is 0 Å². The quantitative estimate of drug-likeness (QED) is 0.297. The van der Waals surface area contributed by atoms with Crippen LogP contribution in [-0.4, -0.2) is 44.9 Å². The standard InChI is InChI=1S/C24H21Cl2N3O4/c1-33-19-8-5-16(13-18(19)26)22(30)20-21(15-3-6-17(25)7-4-15)29(24(32)23(20)31)11-2-10-28-12-9-27-14-28/h3-9,12-14,21,30H,2,10-11H2,1H3/b22-20+. The summed E-state index contributed by atoms with van der Waals surface area (Å²) in [6.45, 7) is 0.945. The fourth-order valence-corrected chi connectivity index (χ4v) is 4.30.